The normalized spacial score (nSPS) is 25.0. The van der Waals surface area contributed by atoms with Crippen LogP contribution in [-0.4, -0.2) is 36.2 Å². The van der Waals surface area contributed by atoms with Gasteiger partial charge in [-0.05, 0) is 45.4 Å². The Morgan fingerprint density at radius 1 is 1.22 bits per heavy atom. The Morgan fingerprint density at radius 2 is 1.94 bits per heavy atom. The molecule has 1 N–H and O–H groups in total. The van der Waals surface area contributed by atoms with E-state index >= 15 is 0 Å². The molecule has 1 atom stereocenters. The Bertz CT molecular complexity index is 324. The Kier molecular flexibility index (Phi) is 4.63. The van der Waals surface area contributed by atoms with Crippen LogP contribution in [0.1, 0.15) is 44.9 Å². The molecule has 0 spiro atoms. The van der Waals surface area contributed by atoms with Crippen molar-refractivity contribution < 1.29 is 5.11 Å². The van der Waals surface area contributed by atoms with Crippen molar-refractivity contribution in [1.29, 1.82) is 0 Å². The molecule has 2 heteroatoms. The van der Waals surface area contributed by atoms with Crippen LogP contribution in [0.2, 0.25) is 0 Å². The van der Waals surface area contributed by atoms with Gasteiger partial charge in [-0.1, -0.05) is 37.5 Å². The molecule has 1 fully saturated rings. The Balaban J connectivity index is 2.18. The van der Waals surface area contributed by atoms with Gasteiger partial charge in [-0.2, -0.15) is 0 Å². The largest absolute Gasteiger partial charge is 0.389 e. The summed E-state index contributed by atoms with van der Waals surface area (Å²) in [4.78, 5) is 2.21. The minimum absolute atomic E-state index is 0.282. The van der Waals surface area contributed by atoms with Crippen LogP contribution in [0.15, 0.2) is 23.8 Å². The first-order chi connectivity index (χ1) is 8.62. The third-order valence-electron chi connectivity index (χ3n) is 4.34. The molecule has 102 valence electrons. The van der Waals surface area contributed by atoms with Crippen molar-refractivity contribution in [2.75, 3.05) is 20.6 Å². The van der Waals surface area contributed by atoms with Gasteiger partial charge in [-0.3, -0.25) is 0 Å². The summed E-state index contributed by atoms with van der Waals surface area (Å²) in [7, 11) is 4.21. The quantitative estimate of drug-likeness (QED) is 0.827. The minimum atomic E-state index is -0.476. The molecular weight excluding hydrogens is 222 g/mol. The molecule has 0 saturated heterocycles. The number of hydrogen-bond donors (Lipinski definition) is 1. The lowest BCUT2D eigenvalue weighted by Gasteiger charge is -2.41. The van der Waals surface area contributed by atoms with Gasteiger partial charge in [0.15, 0.2) is 0 Å². The van der Waals surface area contributed by atoms with Crippen LogP contribution in [0.3, 0.4) is 0 Å². The summed E-state index contributed by atoms with van der Waals surface area (Å²) in [5.74, 6) is 0.282. The van der Waals surface area contributed by atoms with Gasteiger partial charge in [-0.15, -0.1) is 0 Å². The van der Waals surface area contributed by atoms with Crippen LogP contribution in [0, 0.1) is 5.92 Å². The predicted octanol–water partition coefficient (Wildman–Crippen LogP) is 3.14. The summed E-state index contributed by atoms with van der Waals surface area (Å²) in [6, 6.07) is 0. The molecule has 2 aliphatic carbocycles. The van der Waals surface area contributed by atoms with E-state index in [0.717, 1.165) is 32.2 Å². The summed E-state index contributed by atoms with van der Waals surface area (Å²) in [5.41, 5.74) is 0.884. The molecular formula is C16H27NO. The van der Waals surface area contributed by atoms with Crippen LogP contribution < -0.4 is 0 Å². The molecule has 0 radical (unpaired) electrons. The van der Waals surface area contributed by atoms with Crippen molar-refractivity contribution in [1.82, 2.24) is 4.90 Å². The van der Waals surface area contributed by atoms with E-state index in [-0.39, 0.29) is 5.92 Å². The molecule has 18 heavy (non-hydrogen) atoms. The van der Waals surface area contributed by atoms with E-state index < -0.39 is 5.60 Å². The van der Waals surface area contributed by atoms with Crippen molar-refractivity contribution in [2.24, 2.45) is 5.92 Å². The lowest BCUT2D eigenvalue weighted by Crippen LogP contribution is -2.45. The topological polar surface area (TPSA) is 23.5 Å². The average molecular weight is 249 g/mol. The van der Waals surface area contributed by atoms with Crippen LogP contribution in [0.25, 0.3) is 0 Å². The molecule has 0 aromatic carbocycles. The van der Waals surface area contributed by atoms with Gasteiger partial charge >= 0.3 is 0 Å². The van der Waals surface area contributed by atoms with Crippen LogP contribution in [-0.2, 0) is 0 Å². The van der Waals surface area contributed by atoms with Gasteiger partial charge in [0.2, 0.25) is 0 Å². The number of hydrogen-bond acceptors (Lipinski definition) is 2. The number of aliphatic hydroxyl groups is 1. The third kappa shape index (κ3) is 3.24. The van der Waals surface area contributed by atoms with E-state index in [2.05, 4.69) is 37.2 Å². The first-order valence-corrected chi connectivity index (χ1v) is 7.35. The molecule has 2 aliphatic rings. The van der Waals surface area contributed by atoms with Gasteiger partial charge in [0.25, 0.3) is 0 Å². The van der Waals surface area contributed by atoms with E-state index in [9.17, 15) is 5.11 Å². The smallest absolute Gasteiger partial charge is 0.0728 e. The molecule has 1 unspecified atom stereocenters. The molecule has 2 rings (SSSR count). The number of rotatable bonds is 4. The lowest BCUT2D eigenvalue weighted by atomic mass is 9.71. The Hall–Kier alpha value is -0.600. The van der Waals surface area contributed by atoms with Gasteiger partial charge < -0.3 is 10.0 Å². The van der Waals surface area contributed by atoms with Gasteiger partial charge in [0.1, 0.15) is 0 Å². The summed E-state index contributed by atoms with van der Waals surface area (Å²) in [5, 5.41) is 11.0. The van der Waals surface area contributed by atoms with Crippen molar-refractivity contribution >= 4 is 0 Å². The number of nitrogens with zero attached hydrogens (tertiary/aromatic N) is 1. The second-order valence-electron chi connectivity index (χ2n) is 6.16. The third-order valence-corrected chi connectivity index (χ3v) is 4.34. The molecule has 2 nitrogen and oxygen atoms in total. The van der Waals surface area contributed by atoms with Crippen molar-refractivity contribution in [2.45, 2.75) is 50.5 Å². The fourth-order valence-electron chi connectivity index (χ4n) is 3.36. The van der Waals surface area contributed by atoms with E-state index in [0.29, 0.717) is 0 Å². The van der Waals surface area contributed by atoms with E-state index in [4.69, 9.17) is 0 Å². The molecule has 0 aromatic rings. The fourth-order valence-corrected chi connectivity index (χ4v) is 3.36. The first-order valence-electron chi connectivity index (χ1n) is 7.35. The average Bonchev–Trinajstić information content (AvgIpc) is 2.37. The van der Waals surface area contributed by atoms with Crippen molar-refractivity contribution in [3.8, 4) is 0 Å². The zero-order chi connectivity index (χ0) is 13.0. The molecule has 0 aliphatic heterocycles. The van der Waals surface area contributed by atoms with Gasteiger partial charge in [-0.25, -0.2) is 0 Å². The second kappa shape index (κ2) is 6.03. The molecule has 0 amide bonds. The van der Waals surface area contributed by atoms with Gasteiger partial charge in [0.05, 0.1) is 5.60 Å². The predicted molar refractivity (Wildman–Crippen MR) is 76.5 cm³/mol. The summed E-state index contributed by atoms with van der Waals surface area (Å²) < 4.78 is 0. The highest BCUT2D eigenvalue weighted by molar-refractivity contribution is 5.28. The zero-order valence-corrected chi connectivity index (χ0v) is 11.9. The van der Waals surface area contributed by atoms with Crippen molar-refractivity contribution in [3.63, 3.8) is 0 Å². The van der Waals surface area contributed by atoms with Crippen LogP contribution >= 0.6 is 0 Å². The van der Waals surface area contributed by atoms with Crippen LogP contribution in [0.5, 0.6) is 0 Å². The molecule has 0 aromatic heterocycles. The summed E-state index contributed by atoms with van der Waals surface area (Å²) in [6.07, 6.45) is 14.7. The highest BCUT2D eigenvalue weighted by Gasteiger charge is 2.39. The number of allylic oxidation sites excluding steroid dienone is 3. The SMILES string of the molecule is CN(C)CC(C1=CCCC=C1)C1(O)CCCCC1. The van der Waals surface area contributed by atoms with Gasteiger partial charge in [0, 0.05) is 12.5 Å². The van der Waals surface area contributed by atoms with E-state index in [1.165, 1.54) is 24.8 Å². The maximum absolute atomic E-state index is 11.0. The molecule has 0 heterocycles. The zero-order valence-electron chi connectivity index (χ0n) is 11.9. The summed E-state index contributed by atoms with van der Waals surface area (Å²) in [6.45, 7) is 0.951. The summed E-state index contributed by atoms with van der Waals surface area (Å²) >= 11 is 0. The van der Waals surface area contributed by atoms with Crippen LogP contribution in [0.4, 0.5) is 0 Å². The minimum Gasteiger partial charge on any atom is -0.389 e. The van der Waals surface area contributed by atoms with E-state index in [1.807, 2.05) is 0 Å². The van der Waals surface area contributed by atoms with Crippen molar-refractivity contribution in [3.05, 3.63) is 23.8 Å². The highest BCUT2D eigenvalue weighted by atomic mass is 16.3. The fraction of sp³-hybridized carbons (Fsp3) is 0.750. The maximum Gasteiger partial charge on any atom is 0.0728 e. The Morgan fingerprint density at radius 3 is 2.50 bits per heavy atom. The lowest BCUT2D eigenvalue weighted by molar-refractivity contribution is -0.0421. The maximum atomic E-state index is 11.0. The van der Waals surface area contributed by atoms with E-state index in [1.54, 1.807) is 0 Å². The highest BCUT2D eigenvalue weighted by Crippen LogP contribution is 2.39. The standard InChI is InChI=1S/C16H27NO/c1-17(2)13-15(14-9-5-3-6-10-14)16(18)11-7-4-8-12-16/h5,9-10,15,18H,3-4,6-8,11-13H2,1-2H3. The molecule has 1 saturated carbocycles. The Labute approximate surface area is 111 Å². The second-order valence-corrected chi connectivity index (χ2v) is 6.16. The molecule has 0 bridgehead atoms. The monoisotopic (exact) mass is 249 g/mol. The first kappa shape index (κ1) is 13.8.